The minimum Gasteiger partial charge on any atom is -0.549 e. The van der Waals surface area contributed by atoms with Crippen molar-refractivity contribution < 1.29 is 33.8 Å². The van der Waals surface area contributed by atoms with E-state index in [1.54, 1.807) is 46.8 Å². The Morgan fingerprint density at radius 1 is 1.21 bits per heavy atom. The summed E-state index contributed by atoms with van der Waals surface area (Å²) >= 11 is 6.39. The zero-order valence-corrected chi connectivity index (χ0v) is 21.8. The van der Waals surface area contributed by atoms with Crippen molar-refractivity contribution in [1.82, 2.24) is 10.3 Å². The highest BCUT2D eigenvalue weighted by atomic mass is 35.5. The van der Waals surface area contributed by atoms with Gasteiger partial charge < -0.3 is 29.7 Å². The van der Waals surface area contributed by atoms with Crippen LogP contribution in [0.3, 0.4) is 0 Å². The molecule has 0 aliphatic carbocycles. The van der Waals surface area contributed by atoms with Crippen LogP contribution in [0.5, 0.6) is 0 Å². The number of carbonyl (C=O) groups is 2. The fraction of sp³-hybridized carbons (Fsp3) is 0.522. The normalized spacial score (nSPS) is 13.6. The number of aliphatic carboxylic acids is 1. The number of nitrogens with zero attached hydrogens (tertiary/aromatic N) is 1. The topological polar surface area (TPSA) is 149 Å². The molecule has 0 bridgehead atoms. The van der Waals surface area contributed by atoms with Gasteiger partial charge in [0.25, 0.3) is 0 Å². The molecule has 0 radical (unpaired) electrons. The second-order valence-corrected chi connectivity index (χ2v) is 11.6. The minimum atomic E-state index is -4.72. The van der Waals surface area contributed by atoms with E-state index in [1.807, 2.05) is 0 Å². The van der Waals surface area contributed by atoms with Gasteiger partial charge in [0.1, 0.15) is 5.60 Å². The molecule has 11 heteroatoms. The van der Waals surface area contributed by atoms with Crippen LogP contribution >= 0.6 is 19.2 Å². The smallest absolute Gasteiger partial charge is 0.407 e. The van der Waals surface area contributed by atoms with Crippen molar-refractivity contribution in [3.05, 3.63) is 40.0 Å². The van der Waals surface area contributed by atoms with Crippen LogP contribution in [0.2, 0.25) is 5.02 Å². The van der Waals surface area contributed by atoms with Crippen LogP contribution in [0.25, 0.3) is 10.9 Å². The third kappa shape index (κ3) is 5.89. The number of aromatic nitrogens is 1. The number of alkyl carbamates (subject to hydrolysis) is 1. The molecule has 0 saturated carbocycles. The van der Waals surface area contributed by atoms with Crippen molar-refractivity contribution in [2.45, 2.75) is 77.6 Å². The predicted octanol–water partition coefficient (Wildman–Crippen LogP) is 3.96. The van der Waals surface area contributed by atoms with Gasteiger partial charge in [-0.1, -0.05) is 32.4 Å². The van der Waals surface area contributed by atoms with Gasteiger partial charge in [0, 0.05) is 22.9 Å². The number of carboxylic acid groups (broad SMARTS) is 1. The quantitative estimate of drug-likeness (QED) is 0.449. The van der Waals surface area contributed by atoms with E-state index in [-0.39, 0.29) is 35.7 Å². The van der Waals surface area contributed by atoms with Gasteiger partial charge in [-0.05, 0) is 62.9 Å². The summed E-state index contributed by atoms with van der Waals surface area (Å²) in [7, 11) is -4.72. The highest BCUT2D eigenvalue weighted by molar-refractivity contribution is 7.53. The van der Waals surface area contributed by atoms with Crippen LogP contribution in [0, 0.1) is 0 Å². The number of nitrogens with one attached hydrogen (secondary N) is 1. The lowest BCUT2D eigenvalue weighted by atomic mass is 9.86. The third-order valence-corrected chi connectivity index (χ3v) is 8.17. The summed E-state index contributed by atoms with van der Waals surface area (Å²) in [5.74, 6) is -2.63. The first-order valence-electron chi connectivity index (χ1n) is 10.9. The molecule has 1 aromatic carbocycles. The molecule has 9 nitrogen and oxygen atoms in total. The molecule has 1 aromatic heterocycles. The Morgan fingerprint density at radius 2 is 1.79 bits per heavy atom. The summed E-state index contributed by atoms with van der Waals surface area (Å²) in [6, 6.07) is 4.72. The molecule has 2 aromatic rings. The number of hydrogen-bond acceptors (Lipinski definition) is 6. The highest BCUT2D eigenvalue weighted by Crippen LogP contribution is 2.62. The van der Waals surface area contributed by atoms with E-state index in [2.05, 4.69) is 10.3 Å². The van der Waals surface area contributed by atoms with Crippen LogP contribution in [-0.2, 0) is 25.8 Å². The summed E-state index contributed by atoms with van der Waals surface area (Å²) in [5, 5.41) is 13.5. The van der Waals surface area contributed by atoms with E-state index in [9.17, 15) is 29.0 Å². The van der Waals surface area contributed by atoms with E-state index >= 15 is 0 Å². The van der Waals surface area contributed by atoms with Gasteiger partial charge in [-0.2, -0.15) is 0 Å². The van der Waals surface area contributed by atoms with Gasteiger partial charge in [0.2, 0.25) is 0 Å². The molecule has 1 heterocycles. The van der Waals surface area contributed by atoms with E-state index in [1.165, 1.54) is 13.0 Å². The maximum Gasteiger partial charge on any atom is 0.407 e. The number of pyridine rings is 1. The van der Waals surface area contributed by atoms with E-state index in [0.29, 0.717) is 16.5 Å². The molecular weight excluding hydrogens is 483 g/mol. The lowest BCUT2D eigenvalue weighted by molar-refractivity contribution is -0.307. The zero-order valence-electron chi connectivity index (χ0n) is 20.1. The lowest BCUT2D eigenvalue weighted by Gasteiger charge is -2.35. The third-order valence-electron chi connectivity index (χ3n) is 5.83. The van der Waals surface area contributed by atoms with E-state index in [0.717, 1.165) is 0 Å². The minimum absolute atomic E-state index is 0.0234. The molecule has 3 N–H and O–H groups in total. The SMILES string of the molecule is CCC(CC)(c1cc2cc(CNC(=O)OC(C)(C)C)c(Cl)cc2nc1C(C)C(=O)[O-])P(=O)(O)O. The molecule has 0 aliphatic heterocycles. The van der Waals surface area contributed by atoms with E-state index in [4.69, 9.17) is 16.3 Å². The largest absolute Gasteiger partial charge is 0.549 e. The molecule has 34 heavy (non-hydrogen) atoms. The first-order valence-corrected chi connectivity index (χ1v) is 12.9. The lowest BCUT2D eigenvalue weighted by Crippen LogP contribution is -2.33. The first kappa shape index (κ1) is 28.1. The van der Waals surface area contributed by atoms with Crippen LogP contribution in [0.4, 0.5) is 4.79 Å². The Labute approximate surface area is 204 Å². The second kappa shape index (κ2) is 10.2. The maximum atomic E-state index is 12.6. The standard InChI is InChI=1S/C23H32ClN2O7P/c1-7-23(8-2,34(30,31)32)16-10-14-9-15(12-25-21(29)33-22(4,5)6)17(24)11-18(14)26-19(16)13(3)20(27)28/h9-11,13H,7-8,12H2,1-6H3,(H,25,29)(H,27,28)(H2,30,31,32)/p-1. The molecule has 0 fully saturated rings. The summed E-state index contributed by atoms with van der Waals surface area (Å²) in [6.45, 7) is 9.90. The molecule has 0 spiro atoms. The summed E-state index contributed by atoms with van der Waals surface area (Å²) in [4.78, 5) is 48.7. The number of carboxylic acids is 1. The van der Waals surface area contributed by atoms with Crippen molar-refractivity contribution in [2.75, 3.05) is 0 Å². The van der Waals surface area contributed by atoms with E-state index < -0.39 is 36.3 Å². The van der Waals surface area contributed by atoms with Crippen LogP contribution in [0.15, 0.2) is 18.2 Å². The number of carbonyl (C=O) groups excluding carboxylic acids is 2. The number of amides is 1. The molecule has 1 atom stereocenters. The van der Waals surface area contributed by atoms with Crippen LogP contribution in [0.1, 0.15) is 77.1 Å². The zero-order chi connectivity index (χ0) is 26.1. The van der Waals surface area contributed by atoms with Crippen molar-refractivity contribution in [3.63, 3.8) is 0 Å². The van der Waals surface area contributed by atoms with Gasteiger partial charge in [0.05, 0.1) is 22.3 Å². The molecule has 0 aliphatic rings. The monoisotopic (exact) mass is 513 g/mol. The summed E-state index contributed by atoms with van der Waals surface area (Å²) in [5.41, 5.74) is 0.389. The number of rotatable bonds is 8. The van der Waals surface area contributed by atoms with Crippen molar-refractivity contribution in [1.29, 1.82) is 0 Å². The summed E-state index contributed by atoms with van der Waals surface area (Å²) < 4.78 is 17.9. The number of ether oxygens (including phenoxy) is 1. The van der Waals surface area contributed by atoms with Gasteiger partial charge >= 0.3 is 13.7 Å². The van der Waals surface area contributed by atoms with Gasteiger partial charge in [-0.15, -0.1) is 0 Å². The Balaban J connectivity index is 2.68. The number of fused-ring (bicyclic) bond motifs is 1. The Bertz CT molecular complexity index is 1140. The van der Waals surface area contributed by atoms with Gasteiger partial charge in [0.15, 0.2) is 0 Å². The van der Waals surface area contributed by atoms with Crippen LogP contribution in [-0.4, -0.2) is 32.4 Å². The van der Waals surface area contributed by atoms with Crippen LogP contribution < -0.4 is 10.4 Å². The molecule has 1 unspecified atom stereocenters. The second-order valence-electron chi connectivity index (χ2n) is 9.24. The van der Waals surface area contributed by atoms with Crippen molar-refractivity contribution in [3.8, 4) is 0 Å². The average Bonchev–Trinajstić information content (AvgIpc) is 2.70. The molecule has 0 saturated heterocycles. The first-order chi connectivity index (χ1) is 15.6. The summed E-state index contributed by atoms with van der Waals surface area (Å²) in [6.07, 6.45) is -0.499. The number of hydrogen-bond donors (Lipinski definition) is 3. The molecule has 1 amide bonds. The Kier molecular flexibility index (Phi) is 8.41. The molecule has 188 valence electrons. The van der Waals surface area contributed by atoms with Gasteiger partial charge in [-0.3, -0.25) is 9.55 Å². The average molecular weight is 514 g/mol. The maximum absolute atomic E-state index is 12.6. The highest BCUT2D eigenvalue weighted by Gasteiger charge is 2.47. The Hall–Kier alpha value is -2.19. The Morgan fingerprint density at radius 3 is 2.26 bits per heavy atom. The van der Waals surface area contributed by atoms with Crippen molar-refractivity contribution in [2.24, 2.45) is 0 Å². The van der Waals surface area contributed by atoms with Gasteiger partial charge in [-0.25, -0.2) is 4.79 Å². The fourth-order valence-corrected chi connectivity index (χ4v) is 5.43. The fourth-order valence-electron chi connectivity index (χ4n) is 3.89. The predicted molar refractivity (Wildman–Crippen MR) is 128 cm³/mol. The molecular formula is C23H31ClN2O7P-. The van der Waals surface area contributed by atoms with Crippen molar-refractivity contribution >= 4 is 42.2 Å². The number of benzene rings is 1. The molecule has 2 rings (SSSR count). The number of halogens is 1.